The predicted octanol–water partition coefficient (Wildman–Crippen LogP) is 6.39. The third kappa shape index (κ3) is 5.51. The molecule has 1 saturated heterocycles. The quantitative estimate of drug-likeness (QED) is 0.502. The monoisotopic (exact) mass is 412 g/mol. The van der Waals surface area contributed by atoms with Crippen molar-refractivity contribution in [2.24, 2.45) is 11.8 Å². The van der Waals surface area contributed by atoms with Crippen LogP contribution in [0.15, 0.2) is 24.4 Å². The fraction of sp³-hybridized carbons (Fsp3) is 0.654. The number of fused-ring (bicyclic) bond motifs is 1. The van der Waals surface area contributed by atoms with Gasteiger partial charge < -0.3 is 9.64 Å². The Bertz CT molecular complexity index is 810. The lowest BCUT2D eigenvalue weighted by molar-refractivity contribution is 0.162. The first-order valence-corrected chi connectivity index (χ1v) is 12.1. The second-order valence-corrected chi connectivity index (χ2v) is 9.44. The highest BCUT2D eigenvalue weighted by Gasteiger charge is 2.21. The van der Waals surface area contributed by atoms with Crippen LogP contribution >= 0.6 is 0 Å². The SMILES string of the molecule is COc1ccc2ncc(F)c(CCCC3CCN(CCC4CCCCC4)CC3)c2c1. The average molecular weight is 413 g/mol. The zero-order chi connectivity index (χ0) is 20.8. The molecule has 4 rings (SSSR count). The van der Waals surface area contributed by atoms with E-state index in [1.54, 1.807) is 7.11 Å². The standard InChI is InChI=1S/C26H37FN2O/c1-30-22-10-11-26-24(18-22)23(25(27)19-28-26)9-5-8-21-13-16-29(17-14-21)15-12-20-6-3-2-4-7-20/h10-11,18-21H,2-9,12-17H2,1H3. The van der Waals surface area contributed by atoms with Gasteiger partial charge in [0.2, 0.25) is 0 Å². The van der Waals surface area contributed by atoms with E-state index in [2.05, 4.69) is 9.88 Å². The van der Waals surface area contributed by atoms with Gasteiger partial charge in [-0.05, 0) is 87.3 Å². The van der Waals surface area contributed by atoms with Gasteiger partial charge in [-0.25, -0.2) is 4.39 Å². The number of nitrogens with zero attached hydrogens (tertiary/aromatic N) is 2. The van der Waals surface area contributed by atoms with Crippen LogP contribution < -0.4 is 4.74 Å². The maximum atomic E-state index is 14.5. The lowest BCUT2D eigenvalue weighted by Crippen LogP contribution is -2.35. The van der Waals surface area contributed by atoms with Gasteiger partial charge in [-0.1, -0.05) is 38.5 Å². The van der Waals surface area contributed by atoms with Crippen molar-refractivity contribution in [1.29, 1.82) is 0 Å². The number of piperidine rings is 1. The minimum atomic E-state index is -0.187. The molecule has 0 atom stereocenters. The molecule has 2 heterocycles. The van der Waals surface area contributed by atoms with Gasteiger partial charge in [0.05, 0.1) is 18.8 Å². The van der Waals surface area contributed by atoms with Crippen LogP contribution in [0.3, 0.4) is 0 Å². The Morgan fingerprint density at radius 3 is 2.57 bits per heavy atom. The highest BCUT2D eigenvalue weighted by atomic mass is 19.1. The zero-order valence-electron chi connectivity index (χ0n) is 18.5. The van der Waals surface area contributed by atoms with E-state index in [0.717, 1.165) is 46.9 Å². The molecule has 1 aromatic carbocycles. The first kappa shape index (κ1) is 21.5. The molecule has 0 bridgehead atoms. The maximum absolute atomic E-state index is 14.5. The van der Waals surface area contributed by atoms with Crippen LogP contribution in [0.25, 0.3) is 10.9 Å². The second kappa shape index (κ2) is 10.6. The largest absolute Gasteiger partial charge is 0.497 e. The fourth-order valence-corrected chi connectivity index (χ4v) is 5.49. The summed E-state index contributed by atoms with van der Waals surface area (Å²) in [5, 5.41) is 0.895. The lowest BCUT2D eigenvalue weighted by Gasteiger charge is -2.33. The van der Waals surface area contributed by atoms with Gasteiger partial charge in [-0.15, -0.1) is 0 Å². The molecule has 1 aliphatic heterocycles. The Kier molecular flexibility index (Phi) is 7.59. The molecule has 0 spiro atoms. The molecular formula is C26H37FN2O. The van der Waals surface area contributed by atoms with Crippen molar-refractivity contribution >= 4 is 10.9 Å². The first-order chi connectivity index (χ1) is 14.7. The Morgan fingerprint density at radius 1 is 1.03 bits per heavy atom. The van der Waals surface area contributed by atoms with Crippen molar-refractivity contribution in [1.82, 2.24) is 9.88 Å². The molecule has 1 aromatic heterocycles. The molecule has 2 fully saturated rings. The summed E-state index contributed by atoms with van der Waals surface area (Å²) >= 11 is 0. The summed E-state index contributed by atoms with van der Waals surface area (Å²) in [6.07, 6.45) is 15.7. The van der Waals surface area contributed by atoms with Gasteiger partial charge in [-0.2, -0.15) is 0 Å². The number of pyridine rings is 1. The van der Waals surface area contributed by atoms with Crippen LogP contribution in [0.1, 0.15) is 69.8 Å². The zero-order valence-corrected chi connectivity index (χ0v) is 18.5. The Balaban J connectivity index is 1.23. The van der Waals surface area contributed by atoms with Gasteiger partial charge >= 0.3 is 0 Å². The number of aryl methyl sites for hydroxylation is 1. The Labute approximate surface area is 181 Å². The number of hydrogen-bond donors (Lipinski definition) is 0. The number of benzene rings is 1. The van der Waals surface area contributed by atoms with E-state index < -0.39 is 0 Å². The Hall–Kier alpha value is -1.68. The van der Waals surface area contributed by atoms with E-state index in [1.165, 1.54) is 83.6 Å². The van der Waals surface area contributed by atoms with E-state index in [0.29, 0.717) is 0 Å². The van der Waals surface area contributed by atoms with Crippen LogP contribution in [0.2, 0.25) is 0 Å². The highest BCUT2D eigenvalue weighted by Crippen LogP contribution is 2.29. The highest BCUT2D eigenvalue weighted by molar-refractivity contribution is 5.83. The summed E-state index contributed by atoms with van der Waals surface area (Å²) in [7, 11) is 1.65. The molecule has 2 aliphatic rings. The molecule has 0 N–H and O–H groups in total. The topological polar surface area (TPSA) is 25.4 Å². The van der Waals surface area contributed by atoms with E-state index in [9.17, 15) is 4.39 Å². The smallest absolute Gasteiger partial charge is 0.145 e. The number of methoxy groups -OCH3 is 1. The molecule has 1 aliphatic carbocycles. The van der Waals surface area contributed by atoms with Crippen molar-refractivity contribution < 1.29 is 9.13 Å². The number of halogens is 1. The third-order valence-corrected chi connectivity index (χ3v) is 7.46. The molecule has 0 amide bonds. The van der Waals surface area contributed by atoms with Gasteiger partial charge in [0.15, 0.2) is 0 Å². The molecule has 1 saturated carbocycles. The minimum Gasteiger partial charge on any atom is -0.497 e. The maximum Gasteiger partial charge on any atom is 0.145 e. The molecule has 0 unspecified atom stereocenters. The van der Waals surface area contributed by atoms with Gasteiger partial charge in [0.25, 0.3) is 0 Å². The molecular weight excluding hydrogens is 375 g/mol. The van der Waals surface area contributed by atoms with Gasteiger partial charge in [0.1, 0.15) is 11.6 Å². The van der Waals surface area contributed by atoms with Crippen LogP contribution in [0, 0.1) is 17.7 Å². The molecule has 3 nitrogen and oxygen atoms in total. The van der Waals surface area contributed by atoms with E-state index in [1.807, 2.05) is 18.2 Å². The molecule has 30 heavy (non-hydrogen) atoms. The van der Waals surface area contributed by atoms with Gasteiger partial charge in [-0.3, -0.25) is 4.98 Å². The molecule has 0 radical (unpaired) electrons. The van der Waals surface area contributed by atoms with Crippen LogP contribution in [0.4, 0.5) is 4.39 Å². The number of hydrogen-bond acceptors (Lipinski definition) is 3. The number of rotatable bonds is 8. The number of aromatic nitrogens is 1. The van der Waals surface area contributed by atoms with Crippen molar-refractivity contribution in [2.45, 2.75) is 70.6 Å². The first-order valence-electron chi connectivity index (χ1n) is 12.1. The summed E-state index contributed by atoms with van der Waals surface area (Å²) in [5.74, 6) is 2.35. The fourth-order valence-electron chi connectivity index (χ4n) is 5.49. The van der Waals surface area contributed by atoms with E-state index in [-0.39, 0.29) is 5.82 Å². The van der Waals surface area contributed by atoms with Crippen LogP contribution in [0.5, 0.6) is 5.75 Å². The number of likely N-dealkylation sites (tertiary alicyclic amines) is 1. The van der Waals surface area contributed by atoms with Crippen molar-refractivity contribution in [3.8, 4) is 5.75 Å². The minimum absolute atomic E-state index is 0.187. The number of ether oxygens (including phenoxy) is 1. The molecule has 4 heteroatoms. The summed E-state index contributed by atoms with van der Waals surface area (Å²) < 4.78 is 19.8. The second-order valence-electron chi connectivity index (χ2n) is 9.44. The lowest BCUT2D eigenvalue weighted by atomic mass is 9.86. The van der Waals surface area contributed by atoms with Crippen molar-refractivity contribution in [3.63, 3.8) is 0 Å². The third-order valence-electron chi connectivity index (χ3n) is 7.46. The van der Waals surface area contributed by atoms with Gasteiger partial charge in [0, 0.05) is 5.39 Å². The van der Waals surface area contributed by atoms with Crippen molar-refractivity contribution in [3.05, 3.63) is 35.8 Å². The van der Waals surface area contributed by atoms with Crippen LogP contribution in [-0.2, 0) is 6.42 Å². The average Bonchev–Trinajstić information content (AvgIpc) is 2.80. The summed E-state index contributed by atoms with van der Waals surface area (Å²) in [6.45, 7) is 3.80. The Morgan fingerprint density at radius 2 is 1.80 bits per heavy atom. The normalized spacial score (nSPS) is 19.4. The molecule has 164 valence electrons. The summed E-state index contributed by atoms with van der Waals surface area (Å²) in [4.78, 5) is 6.93. The summed E-state index contributed by atoms with van der Waals surface area (Å²) in [5.41, 5.74) is 1.64. The van der Waals surface area contributed by atoms with E-state index >= 15 is 0 Å². The van der Waals surface area contributed by atoms with Crippen molar-refractivity contribution in [2.75, 3.05) is 26.7 Å². The molecule has 2 aromatic rings. The summed E-state index contributed by atoms with van der Waals surface area (Å²) in [6, 6.07) is 5.73. The predicted molar refractivity (Wildman–Crippen MR) is 122 cm³/mol. The van der Waals surface area contributed by atoms with Crippen LogP contribution in [-0.4, -0.2) is 36.6 Å². The van der Waals surface area contributed by atoms with E-state index in [4.69, 9.17) is 4.74 Å².